The Morgan fingerprint density at radius 2 is 1.79 bits per heavy atom. The van der Waals surface area contributed by atoms with Gasteiger partial charge < -0.3 is 9.74 Å². The van der Waals surface area contributed by atoms with Crippen LogP contribution in [-0.2, 0) is 16.2 Å². The zero-order chi connectivity index (χ0) is 20.1. The molecule has 0 saturated heterocycles. The van der Waals surface area contributed by atoms with Gasteiger partial charge in [-0.3, -0.25) is 4.79 Å². The molecule has 0 N–H and O–H groups in total. The minimum absolute atomic E-state index is 0.0495. The van der Waals surface area contributed by atoms with Gasteiger partial charge in [-0.25, -0.2) is 0 Å². The molecule has 4 heteroatoms. The van der Waals surface area contributed by atoms with Crippen LogP contribution in [0.15, 0.2) is 59.8 Å². The highest BCUT2D eigenvalue weighted by molar-refractivity contribution is 6.01. The van der Waals surface area contributed by atoms with E-state index in [0.29, 0.717) is 19.5 Å². The predicted octanol–water partition coefficient (Wildman–Crippen LogP) is 4.95. The van der Waals surface area contributed by atoms with Crippen molar-refractivity contribution in [2.75, 3.05) is 6.54 Å². The molecule has 3 rings (SSSR count). The number of benzene rings is 2. The second kappa shape index (κ2) is 8.59. The zero-order valence-corrected chi connectivity index (χ0v) is 17.3. The first-order chi connectivity index (χ1) is 13.3. The van der Waals surface area contributed by atoms with Crippen LogP contribution < -0.4 is 0 Å². The molecule has 0 saturated carbocycles. The van der Waals surface area contributed by atoms with Crippen LogP contribution in [0.25, 0.3) is 0 Å². The van der Waals surface area contributed by atoms with Gasteiger partial charge in [0, 0.05) is 19.4 Å². The van der Waals surface area contributed by atoms with Gasteiger partial charge in [0.2, 0.25) is 5.91 Å². The molecule has 28 heavy (non-hydrogen) atoms. The summed E-state index contributed by atoms with van der Waals surface area (Å²) in [6, 6.07) is 18.4. The van der Waals surface area contributed by atoms with Gasteiger partial charge in [0.05, 0.1) is 12.3 Å². The third-order valence-electron chi connectivity index (χ3n) is 4.79. The minimum atomic E-state index is -0.107. The molecule has 0 radical (unpaired) electrons. The van der Waals surface area contributed by atoms with Crippen molar-refractivity contribution >= 4 is 11.6 Å². The molecule has 0 aliphatic carbocycles. The monoisotopic (exact) mass is 378 g/mol. The van der Waals surface area contributed by atoms with E-state index in [4.69, 9.17) is 4.84 Å². The lowest BCUT2D eigenvalue weighted by molar-refractivity contribution is -0.135. The largest absolute Gasteiger partial charge is 0.390 e. The summed E-state index contributed by atoms with van der Waals surface area (Å²) < 4.78 is 0. The highest BCUT2D eigenvalue weighted by Crippen LogP contribution is 2.23. The third kappa shape index (κ3) is 5.69. The maximum Gasteiger partial charge on any atom is 0.223 e. The van der Waals surface area contributed by atoms with Crippen molar-refractivity contribution < 1.29 is 9.63 Å². The molecule has 0 unspecified atom stereocenters. The summed E-state index contributed by atoms with van der Waals surface area (Å²) in [6.45, 7) is 9.49. The van der Waals surface area contributed by atoms with Crippen LogP contribution in [0.1, 0.15) is 50.3 Å². The summed E-state index contributed by atoms with van der Waals surface area (Å²) in [7, 11) is 0. The van der Waals surface area contributed by atoms with Crippen molar-refractivity contribution in [2.45, 2.75) is 53.2 Å². The number of hydrogen-bond donors (Lipinski definition) is 0. The van der Waals surface area contributed by atoms with Gasteiger partial charge in [-0.15, -0.1) is 0 Å². The molecule has 1 aliphatic heterocycles. The lowest BCUT2D eigenvalue weighted by Gasteiger charge is -2.28. The maximum absolute atomic E-state index is 13.0. The first kappa shape index (κ1) is 20.1. The number of carbonyl (C=O) groups is 1. The van der Waals surface area contributed by atoms with E-state index in [1.807, 2.05) is 23.1 Å². The van der Waals surface area contributed by atoms with E-state index in [1.54, 1.807) is 0 Å². The van der Waals surface area contributed by atoms with Gasteiger partial charge in [-0.2, -0.15) is 0 Å². The van der Waals surface area contributed by atoms with E-state index in [9.17, 15) is 4.79 Å². The van der Waals surface area contributed by atoms with Crippen LogP contribution in [0.3, 0.4) is 0 Å². The molecule has 0 aromatic heterocycles. The Bertz CT molecular complexity index is 820. The van der Waals surface area contributed by atoms with Crippen LogP contribution in [0, 0.1) is 12.3 Å². The highest BCUT2D eigenvalue weighted by Gasteiger charge is 2.28. The summed E-state index contributed by atoms with van der Waals surface area (Å²) >= 11 is 0. The van der Waals surface area contributed by atoms with Gasteiger partial charge in [0.15, 0.2) is 6.10 Å². The standard InChI is InChI=1S/C24H30N2O2/c1-18-10-12-20(13-11-18)22-14-21(28-25-22)17-26(23(27)15-24(2,3)4)16-19-8-6-5-7-9-19/h5-13,21H,14-17H2,1-4H3/t21-/m0/s1. The van der Waals surface area contributed by atoms with Crippen molar-refractivity contribution in [3.8, 4) is 0 Å². The van der Waals surface area contributed by atoms with Crippen molar-refractivity contribution in [1.82, 2.24) is 4.90 Å². The van der Waals surface area contributed by atoms with Gasteiger partial charge in [-0.1, -0.05) is 86.1 Å². The van der Waals surface area contributed by atoms with Crippen molar-refractivity contribution in [3.05, 3.63) is 71.3 Å². The van der Waals surface area contributed by atoms with Crippen molar-refractivity contribution in [2.24, 2.45) is 10.6 Å². The van der Waals surface area contributed by atoms with E-state index < -0.39 is 0 Å². The quantitative estimate of drug-likeness (QED) is 0.713. The molecule has 2 aromatic carbocycles. The molecular weight excluding hydrogens is 348 g/mol. The zero-order valence-electron chi connectivity index (χ0n) is 17.3. The molecule has 0 spiro atoms. The second-order valence-corrected chi connectivity index (χ2v) is 8.83. The number of oxime groups is 1. The number of rotatable bonds is 6. The molecule has 1 amide bonds. The summed E-state index contributed by atoms with van der Waals surface area (Å²) in [5, 5.41) is 4.29. The number of amides is 1. The van der Waals surface area contributed by atoms with E-state index in [2.05, 4.69) is 69.2 Å². The molecule has 0 fully saturated rings. The Morgan fingerprint density at radius 3 is 2.43 bits per heavy atom. The number of aryl methyl sites for hydroxylation is 1. The Labute approximate surface area is 168 Å². The topological polar surface area (TPSA) is 41.9 Å². The lowest BCUT2D eigenvalue weighted by Crippen LogP contribution is -2.38. The molecule has 4 nitrogen and oxygen atoms in total. The van der Waals surface area contributed by atoms with Crippen molar-refractivity contribution in [1.29, 1.82) is 0 Å². The molecular formula is C24H30N2O2. The number of hydrogen-bond acceptors (Lipinski definition) is 3. The smallest absolute Gasteiger partial charge is 0.223 e. The number of carbonyl (C=O) groups excluding carboxylic acids is 1. The second-order valence-electron chi connectivity index (χ2n) is 8.83. The van der Waals surface area contributed by atoms with Crippen molar-refractivity contribution in [3.63, 3.8) is 0 Å². The van der Waals surface area contributed by atoms with E-state index in [0.717, 1.165) is 23.3 Å². The van der Waals surface area contributed by atoms with Gasteiger partial charge in [0.1, 0.15) is 0 Å². The van der Waals surface area contributed by atoms with Crippen LogP contribution >= 0.6 is 0 Å². The molecule has 1 heterocycles. The molecule has 2 aromatic rings. The number of nitrogens with zero attached hydrogens (tertiary/aromatic N) is 2. The molecule has 0 bridgehead atoms. The van der Waals surface area contributed by atoms with E-state index in [1.165, 1.54) is 5.56 Å². The van der Waals surface area contributed by atoms with Crippen LogP contribution in [-0.4, -0.2) is 29.2 Å². The first-order valence-corrected chi connectivity index (χ1v) is 9.91. The van der Waals surface area contributed by atoms with E-state index >= 15 is 0 Å². The summed E-state index contributed by atoms with van der Waals surface area (Å²) in [4.78, 5) is 20.6. The average Bonchev–Trinajstić information content (AvgIpc) is 3.10. The van der Waals surface area contributed by atoms with Gasteiger partial charge in [-0.05, 0) is 23.5 Å². The normalized spacial score (nSPS) is 16.4. The SMILES string of the molecule is Cc1ccc(C2=NO[C@H](CN(Cc3ccccc3)C(=O)CC(C)(C)C)C2)cc1. The van der Waals surface area contributed by atoms with Crippen LogP contribution in [0.4, 0.5) is 0 Å². The van der Waals surface area contributed by atoms with Gasteiger partial charge in [0.25, 0.3) is 0 Å². The Kier molecular flexibility index (Phi) is 6.18. The van der Waals surface area contributed by atoms with Crippen LogP contribution in [0.2, 0.25) is 0 Å². The summed E-state index contributed by atoms with van der Waals surface area (Å²) in [5.74, 6) is 0.156. The fraction of sp³-hybridized carbons (Fsp3) is 0.417. The molecule has 1 atom stereocenters. The third-order valence-corrected chi connectivity index (χ3v) is 4.79. The van der Waals surface area contributed by atoms with Crippen LogP contribution in [0.5, 0.6) is 0 Å². The average molecular weight is 379 g/mol. The fourth-order valence-corrected chi connectivity index (χ4v) is 3.31. The molecule has 1 aliphatic rings. The first-order valence-electron chi connectivity index (χ1n) is 9.91. The Morgan fingerprint density at radius 1 is 1.11 bits per heavy atom. The molecule has 148 valence electrons. The Hall–Kier alpha value is -2.62. The predicted molar refractivity (Wildman–Crippen MR) is 113 cm³/mol. The highest BCUT2D eigenvalue weighted by atomic mass is 16.6. The minimum Gasteiger partial charge on any atom is -0.390 e. The lowest BCUT2D eigenvalue weighted by atomic mass is 9.91. The summed E-state index contributed by atoms with van der Waals surface area (Å²) in [6.07, 6.45) is 1.12. The van der Waals surface area contributed by atoms with Gasteiger partial charge >= 0.3 is 0 Å². The summed E-state index contributed by atoms with van der Waals surface area (Å²) in [5.41, 5.74) is 4.34. The fourth-order valence-electron chi connectivity index (χ4n) is 3.31. The maximum atomic E-state index is 13.0. The Balaban J connectivity index is 1.67. The van der Waals surface area contributed by atoms with E-state index in [-0.39, 0.29) is 17.4 Å².